The van der Waals surface area contributed by atoms with E-state index >= 15 is 0 Å². The Balaban J connectivity index is 3.39. The maximum absolute atomic E-state index is 9.94. The lowest BCUT2D eigenvalue weighted by molar-refractivity contribution is -0.149. The van der Waals surface area contributed by atoms with Gasteiger partial charge in [0, 0.05) is 0 Å². The predicted molar refractivity (Wildman–Crippen MR) is 35.1 cm³/mol. The molecule has 0 rings (SSSR count). The number of carbonyl (C=O) groups excluding carboxylic acids is 1. The highest BCUT2D eigenvalue weighted by atomic mass is 28.4. The lowest BCUT2D eigenvalue weighted by Crippen LogP contribution is -2.28. The molecule has 0 aromatic heterocycles. The van der Waals surface area contributed by atoms with Gasteiger partial charge >= 0.3 is 6.09 Å². The van der Waals surface area contributed by atoms with E-state index in [-0.39, 0.29) is 0 Å². The molecule has 0 aliphatic rings. The molecular weight excluding hydrogens is 138 g/mol. The Morgan fingerprint density at radius 3 is 2.00 bits per heavy atom. The van der Waals surface area contributed by atoms with Gasteiger partial charge in [-0.3, -0.25) is 4.89 Å². The fourth-order valence-corrected chi connectivity index (χ4v) is 0.498. The van der Waals surface area contributed by atoms with Gasteiger partial charge in [-0.1, -0.05) is 0 Å². The molecule has 1 amide bonds. The van der Waals surface area contributed by atoms with Crippen LogP contribution >= 0.6 is 0 Å². The predicted octanol–water partition coefficient (Wildman–Crippen LogP) is 0.848. The van der Waals surface area contributed by atoms with Crippen molar-refractivity contribution in [1.29, 1.82) is 0 Å². The Hall–Kier alpha value is -0.553. The van der Waals surface area contributed by atoms with E-state index in [2.05, 4.69) is 15.2 Å². The Bertz CT molecular complexity index is 109. The van der Waals surface area contributed by atoms with E-state index in [9.17, 15) is 4.79 Å². The van der Waals surface area contributed by atoms with Crippen molar-refractivity contribution in [3.05, 3.63) is 0 Å². The van der Waals surface area contributed by atoms with Crippen LogP contribution in [0, 0.1) is 0 Å². The fraction of sp³-hybridized carbons (Fsp3) is 0.750. The summed E-state index contributed by atoms with van der Waals surface area (Å²) in [4.78, 5) is 14.1. The van der Waals surface area contributed by atoms with E-state index in [4.69, 9.17) is 0 Å². The molecule has 0 radical (unpaired) electrons. The standard InChI is InChI=1S/C4H11NO3Si/c1-9(2,3)8-7-4(5)6/h1-3H3,(H2,5,6). The molecular formula is C4H11NO3Si. The molecule has 0 aliphatic carbocycles. The molecule has 4 nitrogen and oxygen atoms in total. The zero-order chi connectivity index (χ0) is 7.49. The highest BCUT2D eigenvalue weighted by Gasteiger charge is 2.17. The summed E-state index contributed by atoms with van der Waals surface area (Å²) in [6, 6.07) is 0. The smallest absolute Gasteiger partial charge is 0.333 e. The maximum atomic E-state index is 9.94. The van der Waals surface area contributed by atoms with Crippen LogP contribution in [0.25, 0.3) is 0 Å². The van der Waals surface area contributed by atoms with E-state index in [1.807, 2.05) is 19.6 Å². The summed E-state index contributed by atoms with van der Waals surface area (Å²) in [6.07, 6.45) is -0.891. The molecule has 0 bridgehead atoms. The molecule has 0 spiro atoms. The van der Waals surface area contributed by atoms with Crippen molar-refractivity contribution in [3.8, 4) is 0 Å². The minimum atomic E-state index is -1.74. The highest BCUT2D eigenvalue weighted by Crippen LogP contribution is 2.01. The third-order valence-electron chi connectivity index (χ3n) is 0.374. The summed E-state index contributed by atoms with van der Waals surface area (Å²) in [6.45, 7) is 5.65. The van der Waals surface area contributed by atoms with Crippen molar-refractivity contribution in [2.45, 2.75) is 19.6 Å². The second-order valence-corrected chi connectivity index (χ2v) is 6.99. The van der Waals surface area contributed by atoms with Crippen LogP contribution in [0.5, 0.6) is 0 Å². The van der Waals surface area contributed by atoms with Crippen LogP contribution < -0.4 is 5.73 Å². The minimum absolute atomic E-state index is 0.891. The largest absolute Gasteiger partial charge is 0.434 e. The van der Waals surface area contributed by atoms with Gasteiger partial charge in [-0.25, -0.2) is 9.37 Å². The van der Waals surface area contributed by atoms with Crippen molar-refractivity contribution in [2.24, 2.45) is 5.73 Å². The van der Waals surface area contributed by atoms with Crippen LogP contribution in [0.4, 0.5) is 4.79 Å². The zero-order valence-electron chi connectivity index (χ0n) is 5.80. The molecule has 0 fully saturated rings. The summed E-state index contributed by atoms with van der Waals surface area (Å²) in [5.41, 5.74) is 4.64. The van der Waals surface area contributed by atoms with Gasteiger partial charge in [-0.2, -0.15) is 0 Å². The molecule has 5 heteroatoms. The zero-order valence-corrected chi connectivity index (χ0v) is 6.80. The van der Waals surface area contributed by atoms with Crippen LogP contribution in [0.15, 0.2) is 0 Å². The number of carbonyl (C=O) groups is 1. The first kappa shape index (κ1) is 8.45. The molecule has 0 unspecified atom stereocenters. The average molecular weight is 149 g/mol. The maximum Gasteiger partial charge on any atom is 0.434 e. The van der Waals surface area contributed by atoms with Gasteiger partial charge in [0.1, 0.15) is 0 Å². The number of hydrogen-bond donors (Lipinski definition) is 1. The minimum Gasteiger partial charge on any atom is -0.333 e. The number of hydrogen-bond acceptors (Lipinski definition) is 3. The van der Waals surface area contributed by atoms with Crippen LogP contribution in [0.2, 0.25) is 19.6 Å². The topological polar surface area (TPSA) is 61.6 Å². The average Bonchev–Trinajstić information content (AvgIpc) is 1.59. The molecule has 0 atom stereocenters. The van der Waals surface area contributed by atoms with Gasteiger partial charge in [-0.05, 0) is 19.6 Å². The van der Waals surface area contributed by atoms with Crippen molar-refractivity contribution in [3.63, 3.8) is 0 Å². The molecule has 0 aromatic carbocycles. The Kier molecular flexibility index (Phi) is 2.66. The van der Waals surface area contributed by atoms with Crippen molar-refractivity contribution >= 4 is 14.4 Å². The van der Waals surface area contributed by atoms with E-state index in [0.717, 1.165) is 0 Å². The first-order chi connectivity index (χ1) is 3.92. The monoisotopic (exact) mass is 149 g/mol. The van der Waals surface area contributed by atoms with E-state index in [1.54, 1.807) is 0 Å². The third kappa shape index (κ3) is 7.45. The molecule has 9 heavy (non-hydrogen) atoms. The van der Waals surface area contributed by atoms with Gasteiger partial charge in [0.05, 0.1) is 0 Å². The first-order valence-corrected chi connectivity index (χ1v) is 5.98. The molecule has 2 N–H and O–H groups in total. The Morgan fingerprint density at radius 2 is 1.89 bits per heavy atom. The third-order valence-corrected chi connectivity index (χ3v) is 0.957. The van der Waals surface area contributed by atoms with Crippen LogP contribution in [0.3, 0.4) is 0 Å². The van der Waals surface area contributed by atoms with E-state index in [1.165, 1.54) is 0 Å². The second kappa shape index (κ2) is 2.84. The summed E-state index contributed by atoms with van der Waals surface area (Å²) in [5.74, 6) is 0. The molecule has 0 saturated carbocycles. The highest BCUT2D eigenvalue weighted by molar-refractivity contribution is 6.69. The number of primary amides is 1. The van der Waals surface area contributed by atoms with Crippen LogP contribution in [-0.2, 0) is 9.46 Å². The normalized spacial score (nSPS) is 11.0. The molecule has 0 saturated heterocycles. The summed E-state index contributed by atoms with van der Waals surface area (Å²) < 4.78 is 4.66. The van der Waals surface area contributed by atoms with Gasteiger partial charge in [0.15, 0.2) is 0 Å². The van der Waals surface area contributed by atoms with E-state index in [0.29, 0.717) is 0 Å². The van der Waals surface area contributed by atoms with Crippen LogP contribution in [0.1, 0.15) is 0 Å². The SMILES string of the molecule is C[Si](C)(C)OOC(N)=O. The summed E-state index contributed by atoms with van der Waals surface area (Å²) in [7, 11) is -1.74. The molecule has 54 valence electrons. The van der Waals surface area contributed by atoms with Crippen molar-refractivity contribution < 1.29 is 14.3 Å². The number of nitrogens with two attached hydrogens (primary N) is 1. The van der Waals surface area contributed by atoms with Crippen LogP contribution in [-0.4, -0.2) is 14.4 Å². The van der Waals surface area contributed by atoms with Gasteiger partial charge in [0.25, 0.3) is 0 Å². The quantitative estimate of drug-likeness (QED) is 0.359. The fourth-order valence-electron chi connectivity index (χ4n) is 0.166. The first-order valence-electron chi connectivity index (χ1n) is 2.57. The molecule has 0 aliphatic heterocycles. The lowest BCUT2D eigenvalue weighted by Gasteiger charge is -2.12. The Labute approximate surface area is 55.0 Å². The van der Waals surface area contributed by atoms with Gasteiger partial charge in [0.2, 0.25) is 8.32 Å². The lowest BCUT2D eigenvalue weighted by atomic mass is 11.3. The summed E-state index contributed by atoms with van der Waals surface area (Å²) >= 11 is 0. The van der Waals surface area contributed by atoms with Crippen molar-refractivity contribution in [1.82, 2.24) is 0 Å². The Morgan fingerprint density at radius 1 is 1.44 bits per heavy atom. The van der Waals surface area contributed by atoms with E-state index < -0.39 is 14.4 Å². The number of rotatable bonds is 2. The summed E-state index contributed by atoms with van der Waals surface area (Å²) in [5, 5.41) is 0. The number of amides is 1. The van der Waals surface area contributed by atoms with Gasteiger partial charge in [-0.15, -0.1) is 0 Å². The second-order valence-electron chi connectivity index (χ2n) is 2.60. The van der Waals surface area contributed by atoms with Gasteiger partial charge < -0.3 is 5.73 Å². The van der Waals surface area contributed by atoms with Crippen molar-refractivity contribution in [2.75, 3.05) is 0 Å². The molecule has 0 heterocycles. The molecule has 0 aromatic rings.